The second kappa shape index (κ2) is 6.11. The first-order valence-corrected chi connectivity index (χ1v) is 10.3. The second-order valence-corrected chi connectivity index (χ2v) is 9.90. The van der Waals surface area contributed by atoms with Gasteiger partial charge in [-0.3, -0.25) is 4.79 Å². The van der Waals surface area contributed by atoms with Crippen molar-refractivity contribution in [2.75, 3.05) is 38.7 Å². The van der Waals surface area contributed by atoms with E-state index >= 15 is 0 Å². The Hall–Kier alpha value is -0.620. The topological polar surface area (TPSA) is 57.7 Å². The van der Waals surface area contributed by atoms with Crippen molar-refractivity contribution >= 4 is 15.7 Å². The minimum absolute atomic E-state index is 0.100. The Bertz CT molecular complexity index is 532. The lowest BCUT2D eigenvalue weighted by Crippen LogP contribution is -2.48. The maximum atomic E-state index is 13.1. The van der Waals surface area contributed by atoms with Gasteiger partial charge in [0.2, 0.25) is 5.91 Å². The fraction of sp³-hybridized carbons (Fsp3) is 0.938. The van der Waals surface area contributed by atoms with E-state index in [2.05, 4.69) is 4.90 Å². The third-order valence-electron chi connectivity index (χ3n) is 5.78. The van der Waals surface area contributed by atoms with Crippen LogP contribution in [0.3, 0.4) is 0 Å². The zero-order chi connectivity index (χ0) is 15.9. The number of rotatable bonds is 5. The van der Waals surface area contributed by atoms with Crippen LogP contribution in [0.2, 0.25) is 0 Å². The van der Waals surface area contributed by atoms with Crippen LogP contribution in [0, 0.1) is 17.8 Å². The zero-order valence-electron chi connectivity index (χ0n) is 13.7. The Kier molecular flexibility index (Phi) is 4.52. The molecule has 0 radical (unpaired) electrons. The summed E-state index contributed by atoms with van der Waals surface area (Å²) < 4.78 is 23.6. The first-order chi connectivity index (χ1) is 10.4. The van der Waals surface area contributed by atoms with Crippen molar-refractivity contribution < 1.29 is 13.2 Å². The van der Waals surface area contributed by atoms with Crippen molar-refractivity contribution in [3.8, 4) is 0 Å². The van der Waals surface area contributed by atoms with Gasteiger partial charge in [-0.05, 0) is 51.6 Å². The average molecular weight is 328 g/mol. The number of likely N-dealkylation sites (N-methyl/N-ethyl adjacent to an activating group) is 1. The molecule has 22 heavy (non-hydrogen) atoms. The molecule has 2 aliphatic carbocycles. The molecule has 1 amide bonds. The molecule has 1 aliphatic heterocycles. The summed E-state index contributed by atoms with van der Waals surface area (Å²) in [4.78, 5) is 17.0. The maximum Gasteiger partial charge on any atom is 0.226 e. The third kappa shape index (κ3) is 3.32. The minimum Gasteiger partial charge on any atom is -0.337 e. The van der Waals surface area contributed by atoms with Crippen LogP contribution in [-0.2, 0) is 14.6 Å². The van der Waals surface area contributed by atoms with Gasteiger partial charge in [0, 0.05) is 25.0 Å². The van der Waals surface area contributed by atoms with Gasteiger partial charge in [-0.25, -0.2) is 8.42 Å². The molecule has 4 atom stereocenters. The largest absolute Gasteiger partial charge is 0.337 e. The number of hydrogen-bond donors (Lipinski definition) is 0. The molecule has 5 nitrogen and oxygen atoms in total. The van der Waals surface area contributed by atoms with Crippen LogP contribution in [-0.4, -0.2) is 68.9 Å². The summed E-state index contributed by atoms with van der Waals surface area (Å²) >= 11 is 0. The molecule has 4 unspecified atom stereocenters. The number of sulfone groups is 1. The van der Waals surface area contributed by atoms with E-state index in [1.807, 2.05) is 19.0 Å². The normalized spacial score (nSPS) is 36.1. The lowest BCUT2D eigenvalue weighted by Gasteiger charge is -2.34. The molecule has 3 fully saturated rings. The fourth-order valence-electron chi connectivity index (χ4n) is 4.56. The molecule has 6 heteroatoms. The Morgan fingerprint density at radius 3 is 2.36 bits per heavy atom. The zero-order valence-corrected chi connectivity index (χ0v) is 14.5. The number of hydrogen-bond acceptors (Lipinski definition) is 4. The summed E-state index contributed by atoms with van der Waals surface area (Å²) in [6, 6.07) is -0.100. The predicted molar refractivity (Wildman–Crippen MR) is 86.3 cm³/mol. The van der Waals surface area contributed by atoms with Crippen LogP contribution in [0.5, 0.6) is 0 Å². The van der Waals surface area contributed by atoms with Crippen LogP contribution in [0.4, 0.5) is 0 Å². The molecule has 126 valence electrons. The van der Waals surface area contributed by atoms with Crippen LogP contribution >= 0.6 is 0 Å². The van der Waals surface area contributed by atoms with E-state index in [0.717, 1.165) is 18.9 Å². The van der Waals surface area contributed by atoms with Gasteiger partial charge >= 0.3 is 0 Å². The van der Waals surface area contributed by atoms with Crippen molar-refractivity contribution in [2.45, 2.75) is 38.1 Å². The fourth-order valence-corrected chi connectivity index (χ4v) is 6.29. The number of amides is 1. The lowest BCUT2D eigenvalue weighted by atomic mass is 9.87. The molecule has 1 saturated heterocycles. The van der Waals surface area contributed by atoms with E-state index in [1.54, 1.807) is 0 Å². The number of fused-ring (bicyclic) bond motifs is 2. The highest BCUT2D eigenvalue weighted by Crippen LogP contribution is 2.49. The monoisotopic (exact) mass is 328 g/mol. The molecular formula is C16H28N2O3S. The van der Waals surface area contributed by atoms with E-state index in [9.17, 15) is 13.2 Å². The number of carbonyl (C=O) groups is 1. The van der Waals surface area contributed by atoms with Gasteiger partial charge in [0.15, 0.2) is 9.84 Å². The lowest BCUT2D eigenvalue weighted by molar-refractivity contribution is -0.139. The summed E-state index contributed by atoms with van der Waals surface area (Å²) in [5.41, 5.74) is 0. The molecule has 2 bridgehead atoms. The third-order valence-corrected chi connectivity index (χ3v) is 7.53. The van der Waals surface area contributed by atoms with Gasteiger partial charge in [-0.1, -0.05) is 6.42 Å². The van der Waals surface area contributed by atoms with Crippen LogP contribution in [0.15, 0.2) is 0 Å². The smallest absolute Gasteiger partial charge is 0.226 e. The van der Waals surface area contributed by atoms with Crippen molar-refractivity contribution in [3.05, 3.63) is 0 Å². The Morgan fingerprint density at radius 1 is 1.09 bits per heavy atom. The molecule has 0 aromatic carbocycles. The van der Waals surface area contributed by atoms with E-state index in [1.165, 1.54) is 19.3 Å². The Balaban J connectivity index is 1.71. The average Bonchev–Trinajstić information content (AvgIpc) is 3.13. The molecule has 0 N–H and O–H groups in total. The Morgan fingerprint density at radius 2 is 1.86 bits per heavy atom. The van der Waals surface area contributed by atoms with E-state index in [0.29, 0.717) is 18.9 Å². The van der Waals surface area contributed by atoms with Gasteiger partial charge in [-0.15, -0.1) is 0 Å². The second-order valence-electron chi connectivity index (χ2n) is 7.67. The molecule has 3 rings (SSSR count). The molecule has 0 aromatic heterocycles. The SMILES string of the molecule is CN(C)CCN(C(=O)C1CC2CCC1C2)C1CCS(=O)(=O)C1. The first kappa shape index (κ1) is 16.2. The van der Waals surface area contributed by atoms with Crippen molar-refractivity contribution in [1.82, 2.24) is 9.80 Å². The molecule has 1 heterocycles. The van der Waals surface area contributed by atoms with E-state index < -0.39 is 9.84 Å². The Labute approximate surface area is 134 Å². The number of nitrogens with zero attached hydrogens (tertiary/aromatic N) is 2. The first-order valence-electron chi connectivity index (χ1n) is 8.51. The van der Waals surface area contributed by atoms with Gasteiger partial charge in [0.25, 0.3) is 0 Å². The predicted octanol–water partition coefficient (Wildman–Crippen LogP) is 1.000. The standard InChI is InChI=1S/C16H28N2O3S/c1-17(2)6-7-18(14-5-8-22(20,21)11-14)16(19)15-10-12-3-4-13(15)9-12/h12-15H,3-11H2,1-2H3. The molecule has 3 aliphatic rings. The van der Waals surface area contributed by atoms with Crippen molar-refractivity contribution in [3.63, 3.8) is 0 Å². The van der Waals surface area contributed by atoms with Crippen LogP contribution < -0.4 is 0 Å². The molecule has 0 aromatic rings. The van der Waals surface area contributed by atoms with Gasteiger partial charge in [0.1, 0.15) is 0 Å². The maximum absolute atomic E-state index is 13.1. The number of carbonyl (C=O) groups excluding carboxylic acids is 1. The summed E-state index contributed by atoms with van der Waals surface area (Å²) in [6.45, 7) is 1.45. The van der Waals surface area contributed by atoms with Gasteiger partial charge in [-0.2, -0.15) is 0 Å². The highest BCUT2D eigenvalue weighted by molar-refractivity contribution is 7.91. The highest BCUT2D eigenvalue weighted by Gasteiger charge is 2.46. The van der Waals surface area contributed by atoms with Crippen molar-refractivity contribution in [1.29, 1.82) is 0 Å². The quantitative estimate of drug-likeness (QED) is 0.755. The van der Waals surface area contributed by atoms with E-state index in [-0.39, 0.29) is 29.4 Å². The molecule has 2 saturated carbocycles. The van der Waals surface area contributed by atoms with Gasteiger partial charge < -0.3 is 9.80 Å². The summed E-state index contributed by atoms with van der Waals surface area (Å²) in [5, 5.41) is 0. The van der Waals surface area contributed by atoms with Crippen molar-refractivity contribution in [2.24, 2.45) is 17.8 Å². The summed E-state index contributed by atoms with van der Waals surface area (Å²) in [7, 11) is 1.03. The van der Waals surface area contributed by atoms with E-state index in [4.69, 9.17) is 0 Å². The minimum atomic E-state index is -2.95. The summed E-state index contributed by atoms with van der Waals surface area (Å²) in [5.74, 6) is 2.08. The molecular weight excluding hydrogens is 300 g/mol. The highest BCUT2D eigenvalue weighted by atomic mass is 32.2. The summed E-state index contributed by atoms with van der Waals surface area (Å²) in [6.07, 6.45) is 5.32. The van der Waals surface area contributed by atoms with Crippen LogP contribution in [0.1, 0.15) is 32.1 Å². The molecule has 0 spiro atoms. The van der Waals surface area contributed by atoms with Gasteiger partial charge in [0.05, 0.1) is 11.5 Å². The van der Waals surface area contributed by atoms with Crippen LogP contribution in [0.25, 0.3) is 0 Å².